The van der Waals surface area contributed by atoms with Gasteiger partial charge in [-0.15, -0.1) is 0 Å². The summed E-state index contributed by atoms with van der Waals surface area (Å²) in [4.78, 5) is 22.6. The van der Waals surface area contributed by atoms with Gasteiger partial charge in [0.15, 0.2) is 9.84 Å². The Morgan fingerprint density at radius 3 is 2.21 bits per heavy atom. The second kappa shape index (κ2) is 6.36. The topological polar surface area (TPSA) is 101 Å². The van der Waals surface area contributed by atoms with Crippen molar-refractivity contribution in [2.45, 2.75) is 50.8 Å². The Kier molecular flexibility index (Phi) is 5.34. The highest BCUT2D eigenvalue weighted by molar-refractivity contribution is 7.92. The van der Waals surface area contributed by atoms with E-state index in [0.29, 0.717) is 12.8 Å². The first-order valence-electron chi connectivity index (χ1n) is 6.47. The summed E-state index contributed by atoms with van der Waals surface area (Å²) in [7, 11) is -3.46. The number of nitrogens with one attached hydrogen (secondary N) is 1. The molecule has 6 nitrogen and oxygen atoms in total. The Morgan fingerprint density at radius 1 is 1.26 bits per heavy atom. The van der Waals surface area contributed by atoms with Gasteiger partial charge in [-0.3, -0.25) is 4.79 Å². The van der Waals surface area contributed by atoms with Crippen molar-refractivity contribution < 1.29 is 23.1 Å². The zero-order valence-corrected chi connectivity index (χ0v) is 12.1. The number of hydrogen-bond acceptors (Lipinski definition) is 4. The third-order valence-corrected chi connectivity index (χ3v) is 5.54. The summed E-state index contributed by atoms with van der Waals surface area (Å²) < 4.78 is 23.9. The maximum Gasteiger partial charge on any atom is 0.326 e. The Hall–Kier alpha value is -1.11. The maximum absolute atomic E-state index is 12.0. The molecule has 19 heavy (non-hydrogen) atoms. The number of rotatable bonds is 6. The standard InChI is InChI=1S/C12H21NO5S/c1-8(2)11(12(15)16)13-10(14)7-19(17,18)9-5-3-4-6-9/h8-9,11H,3-7H2,1-2H3,(H,13,14)(H,15,16)/t11-/m1/s1. The summed E-state index contributed by atoms with van der Waals surface area (Å²) in [6.07, 6.45) is 2.94. The first kappa shape index (κ1) is 15.9. The summed E-state index contributed by atoms with van der Waals surface area (Å²) >= 11 is 0. The van der Waals surface area contributed by atoms with Crippen molar-refractivity contribution >= 4 is 21.7 Å². The minimum absolute atomic E-state index is 0.296. The van der Waals surface area contributed by atoms with Crippen LogP contribution in [0.3, 0.4) is 0 Å². The third kappa shape index (κ3) is 4.49. The van der Waals surface area contributed by atoms with E-state index in [2.05, 4.69) is 5.32 Å². The number of carbonyl (C=O) groups excluding carboxylic acids is 1. The van der Waals surface area contributed by atoms with Crippen LogP contribution in [-0.4, -0.2) is 42.4 Å². The number of hydrogen-bond donors (Lipinski definition) is 2. The summed E-state index contributed by atoms with van der Waals surface area (Å²) in [6, 6.07) is -1.05. The summed E-state index contributed by atoms with van der Waals surface area (Å²) in [6.45, 7) is 3.31. The highest BCUT2D eigenvalue weighted by atomic mass is 32.2. The molecule has 0 aromatic heterocycles. The van der Waals surface area contributed by atoms with Crippen LogP contribution >= 0.6 is 0 Å². The predicted molar refractivity (Wildman–Crippen MR) is 70.4 cm³/mol. The lowest BCUT2D eigenvalue weighted by molar-refractivity contribution is -0.142. The number of carboxylic acids is 1. The third-order valence-electron chi connectivity index (χ3n) is 3.39. The molecule has 1 amide bonds. The molecule has 1 aliphatic rings. The summed E-state index contributed by atoms with van der Waals surface area (Å²) in [5.41, 5.74) is 0. The molecule has 0 heterocycles. The van der Waals surface area contributed by atoms with E-state index in [1.54, 1.807) is 13.8 Å². The van der Waals surface area contributed by atoms with Gasteiger partial charge in [-0.1, -0.05) is 26.7 Å². The van der Waals surface area contributed by atoms with Gasteiger partial charge in [-0.25, -0.2) is 13.2 Å². The molecule has 1 aliphatic carbocycles. The van der Waals surface area contributed by atoms with Crippen LogP contribution in [0.1, 0.15) is 39.5 Å². The number of carboxylic acid groups (broad SMARTS) is 1. The highest BCUT2D eigenvalue weighted by Gasteiger charge is 2.32. The molecule has 0 radical (unpaired) electrons. The first-order valence-corrected chi connectivity index (χ1v) is 8.19. The van der Waals surface area contributed by atoms with Gasteiger partial charge in [-0.05, 0) is 18.8 Å². The van der Waals surface area contributed by atoms with Gasteiger partial charge >= 0.3 is 5.97 Å². The molecule has 1 fully saturated rings. The van der Waals surface area contributed by atoms with Gasteiger partial charge in [0.25, 0.3) is 0 Å². The Labute approximate surface area is 113 Å². The molecule has 1 saturated carbocycles. The molecule has 0 bridgehead atoms. The Balaban J connectivity index is 2.61. The zero-order chi connectivity index (χ0) is 14.6. The van der Waals surface area contributed by atoms with Crippen molar-refractivity contribution in [3.8, 4) is 0 Å². The lowest BCUT2D eigenvalue weighted by Gasteiger charge is -2.18. The zero-order valence-electron chi connectivity index (χ0n) is 11.3. The lowest BCUT2D eigenvalue weighted by atomic mass is 10.1. The van der Waals surface area contributed by atoms with Crippen molar-refractivity contribution in [1.82, 2.24) is 5.32 Å². The Bertz CT molecular complexity index is 437. The van der Waals surface area contributed by atoms with Crippen LogP contribution in [0.25, 0.3) is 0 Å². The van der Waals surface area contributed by atoms with Crippen LogP contribution in [0.5, 0.6) is 0 Å². The molecule has 1 atom stereocenters. The molecular formula is C12H21NO5S. The van der Waals surface area contributed by atoms with E-state index in [9.17, 15) is 18.0 Å². The molecule has 0 aromatic rings. The molecule has 0 saturated heterocycles. The van der Waals surface area contributed by atoms with Crippen LogP contribution in [0, 0.1) is 5.92 Å². The quantitative estimate of drug-likeness (QED) is 0.745. The van der Waals surface area contributed by atoms with Crippen LogP contribution in [0.4, 0.5) is 0 Å². The van der Waals surface area contributed by atoms with Gasteiger partial charge in [-0.2, -0.15) is 0 Å². The molecule has 2 N–H and O–H groups in total. The minimum Gasteiger partial charge on any atom is -0.480 e. The normalized spacial score (nSPS) is 18.5. The summed E-state index contributed by atoms with van der Waals surface area (Å²) in [5.74, 6) is -2.79. The second-order valence-electron chi connectivity index (χ2n) is 5.34. The lowest BCUT2D eigenvalue weighted by Crippen LogP contribution is -2.47. The van der Waals surface area contributed by atoms with Gasteiger partial charge < -0.3 is 10.4 Å². The average Bonchev–Trinajstić information content (AvgIpc) is 2.78. The summed E-state index contributed by atoms with van der Waals surface area (Å²) in [5, 5.41) is 10.8. The van der Waals surface area contributed by atoms with Crippen LogP contribution in [-0.2, 0) is 19.4 Å². The van der Waals surface area contributed by atoms with Crippen LogP contribution in [0.2, 0.25) is 0 Å². The number of amides is 1. The van der Waals surface area contributed by atoms with E-state index >= 15 is 0 Å². The first-order chi connectivity index (χ1) is 8.74. The molecule has 1 rings (SSSR count). The molecule has 110 valence electrons. The number of carbonyl (C=O) groups is 2. The minimum atomic E-state index is -3.46. The van der Waals surface area contributed by atoms with Crippen molar-refractivity contribution in [1.29, 1.82) is 0 Å². The Morgan fingerprint density at radius 2 is 1.79 bits per heavy atom. The maximum atomic E-state index is 12.0. The van der Waals surface area contributed by atoms with Crippen molar-refractivity contribution in [3.05, 3.63) is 0 Å². The molecule has 0 unspecified atom stereocenters. The molecular weight excluding hydrogens is 270 g/mol. The second-order valence-corrected chi connectivity index (χ2v) is 7.62. The SMILES string of the molecule is CC(C)[C@@H](NC(=O)CS(=O)(=O)C1CCCC1)C(=O)O. The highest BCUT2D eigenvalue weighted by Crippen LogP contribution is 2.25. The molecule has 0 aliphatic heterocycles. The fourth-order valence-corrected chi connectivity index (χ4v) is 4.01. The van der Waals surface area contributed by atoms with Crippen LogP contribution in [0.15, 0.2) is 0 Å². The van der Waals surface area contributed by atoms with Gasteiger partial charge in [0.05, 0.1) is 5.25 Å². The predicted octanol–water partition coefficient (Wildman–Crippen LogP) is 0.569. The van der Waals surface area contributed by atoms with Crippen molar-refractivity contribution in [2.24, 2.45) is 5.92 Å². The molecule has 0 aromatic carbocycles. The average molecular weight is 291 g/mol. The van der Waals surface area contributed by atoms with E-state index in [4.69, 9.17) is 5.11 Å². The monoisotopic (exact) mass is 291 g/mol. The van der Waals surface area contributed by atoms with Gasteiger partial charge in [0, 0.05) is 0 Å². The molecule has 0 spiro atoms. The van der Waals surface area contributed by atoms with E-state index in [1.165, 1.54) is 0 Å². The van der Waals surface area contributed by atoms with Gasteiger partial charge in [0.1, 0.15) is 11.8 Å². The van der Waals surface area contributed by atoms with E-state index in [0.717, 1.165) is 12.8 Å². The van der Waals surface area contributed by atoms with E-state index in [-0.39, 0.29) is 5.92 Å². The smallest absolute Gasteiger partial charge is 0.326 e. The van der Waals surface area contributed by atoms with Crippen molar-refractivity contribution in [2.75, 3.05) is 5.75 Å². The van der Waals surface area contributed by atoms with E-state index in [1.807, 2.05) is 0 Å². The van der Waals surface area contributed by atoms with Crippen LogP contribution < -0.4 is 5.32 Å². The molecule has 7 heteroatoms. The number of sulfone groups is 1. The number of aliphatic carboxylic acids is 1. The fraction of sp³-hybridized carbons (Fsp3) is 0.833. The largest absolute Gasteiger partial charge is 0.480 e. The fourth-order valence-electron chi connectivity index (χ4n) is 2.28. The van der Waals surface area contributed by atoms with Crippen molar-refractivity contribution in [3.63, 3.8) is 0 Å². The van der Waals surface area contributed by atoms with Gasteiger partial charge in [0.2, 0.25) is 5.91 Å². The van der Waals surface area contributed by atoms with E-state index < -0.39 is 38.8 Å².